The van der Waals surface area contributed by atoms with E-state index in [1.165, 1.54) is 4.90 Å². The van der Waals surface area contributed by atoms with Gasteiger partial charge in [0, 0.05) is 25.1 Å². The smallest absolute Gasteiger partial charge is 0.242 e. The van der Waals surface area contributed by atoms with Crippen LogP contribution < -0.4 is 9.47 Å². The summed E-state index contributed by atoms with van der Waals surface area (Å²) >= 11 is 7.31. The molecule has 0 fully saturated rings. The molecule has 0 saturated carbocycles. The highest BCUT2D eigenvalue weighted by molar-refractivity contribution is 7.09. The van der Waals surface area contributed by atoms with Gasteiger partial charge in [0.2, 0.25) is 11.8 Å². The highest BCUT2D eigenvalue weighted by atomic mass is 35.5. The highest BCUT2D eigenvalue weighted by Gasteiger charge is 2.21. The molecule has 0 radical (unpaired) electrons. The van der Waals surface area contributed by atoms with E-state index in [0.29, 0.717) is 44.2 Å². The molecule has 1 aromatic carbocycles. The third-order valence-corrected chi connectivity index (χ3v) is 5.85. The topological polar surface area (TPSA) is 68.3 Å². The number of amides is 2. The van der Waals surface area contributed by atoms with E-state index in [-0.39, 0.29) is 24.2 Å². The van der Waals surface area contributed by atoms with Crippen molar-refractivity contribution in [2.45, 2.75) is 13.0 Å². The molecule has 31 heavy (non-hydrogen) atoms. The SMILES string of the molecule is COCCN(CC(=O)N(CCc1ccc(OC)c(OC)c1)Cc1cccs1)C(=O)CCl. The first-order valence-electron chi connectivity index (χ1n) is 9.86. The van der Waals surface area contributed by atoms with E-state index in [4.69, 9.17) is 25.8 Å². The van der Waals surface area contributed by atoms with Crippen molar-refractivity contribution in [3.63, 3.8) is 0 Å². The number of carbonyl (C=O) groups excluding carboxylic acids is 2. The minimum atomic E-state index is -0.289. The monoisotopic (exact) mass is 468 g/mol. The standard InChI is InChI=1S/C22H29ClN2O5S/c1-28-11-10-25(21(26)14-23)16-22(27)24(15-18-5-4-12-31-18)9-8-17-6-7-19(29-2)20(13-17)30-3/h4-7,12-13H,8-11,14-16H2,1-3H3. The average molecular weight is 469 g/mol. The summed E-state index contributed by atoms with van der Waals surface area (Å²) in [5.74, 6) is 0.709. The lowest BCUT2D eigenvalue weighted by Crippen LogP contribution is -2.44. The number of ether oxygens (including phenoxy) is 3. The Labute approximate surface area is 192 Å². The van der Waals surface area contributed by atoms with E-state index in [1.807, 2.05) is 35.7 Å². The first kappa shape index (κ1) is 25.0. The third-order valence-electron chi connectivity index (χ3n) is 4.76. The Balaban J connectivity index is 2.12. The van der Waals surface area contributed by atoms with Crippen molar-refractivity contribution in [2.24, 2.45) is 0 Å². The van der Waals surface area contributed by atoms with E-state index in [1.54, 1.807) is 37.6 Å². The molecule has 0 saturated heterocycles. The molecule has 0 aliphatic carbocycles. The Morgan fingerprint density at radius 3 is 2.39 bits per heavy atom. The summed E-state index contributed by atoms with van der Waals surface area (Å²) in [5.41, 5.74) is 1.02. The van der Waals surface area contributed by atoms with E-state index >= 15 is 0 Å². The molecule has 2 aromatic rings. The van der Waals surface area contributed by atoms with Crippen LogP contribution in [0.4, 0.5) is 0 Å². The van der Waals surface area contributed by atoms with Gasteiger partial charge in [-0.05, 0) is 35.6 Å². The van der Waals surface area contributed by atoms with Crippen LogP contribution in [0.15, 0.2) is 35.7 Å². The van der Waals surface area contributed by atoms with Crippen LogP contribution in [0.25, 0.3) is 0 Å². The van der Waals surface area contributed by atoms with Gasteiger partial charge in [0.15, 0.2) is 11.5 Å². The minimum Gasteiger partial charge on any atom is -0.493 e. The van der Waals surface area contributed by atoms with Crippen molar-refractivity contribution < 1.29 is 23.8 Å². The Kier molecular flexibility index (Phi) is 10.6. The summed E-state index contributed by atoms with van der Waals surface area (Å²) in [7, 11) is 4.74. The van der Waals surface area contributed by atoms with Gasteiger partial charge in [0.1, 0.15) is 5.88 Å². The third kappa shape index (κ3) is 7.72. The van der Waals surface area contributed by atoms with Gasteiger partial charge in [-0.2, -0.15) is 0 Å². The lowest BCUT2D eigenvalue weighted by atomic mass is 10.1. The van der Waals surface area contributed by atoms with Crippen LogP contribution in [0.2, 0.25) is 0 Å². The second kappa shape index (κ2) is 13.2. The molecule has 1 aromatic heterocycles. The number of nitrogens with zero attached hydrogens (tertiary/aromatic N) is 2. The molecule has 0 aliphatic heterocycles. The second-order valence-electron chi connectivity index (χ2n) is 6.78. The minimum absolute atomic E-state index is 0.0355. The van der Waals surface area contributed by atoms with Gasteiger partial charge in [-0.15, -0.1) is 22.9 Å². The Morgan fingerprint density at radius 1 is 1.00 bits per heavy atom. The molecule has 7 nitrogen and oxygen atoms in total. The van der Waals surface area contributed by atoms with Crippen LogP contribution in [-0.4, -0.2) is 75.1 Å². The van der Waals surface area contributed by atoms with E-state index < -0.39 is 0 Å². The van der Waals surface area contributed by atoms with E-state index in [0.717, 1.165) is 10.4 Å². The first-order chi connectivity index (χ1) is 15.0. The predicted octanol–water partition coefficient (Wildman–Crippen LogP) is 3.05. The van der Waals surface area contributed by atoms with Crippen molar-refractivity contribution in [1.82, 2.24) is 9.80 Å². The zero-order chi connectivity index (χ0) is 22.6. The van der Waals surface area contributed by atoms with Crippen molar-refractivity contribution in [3.05, 3.63) is 46.2 Å². The Bertz CT molecular complexity index is 831. The largest absolute Gasteiger partial charge is 0.493 e. The lowest BCUT2D eigenvalue weighted by Gasteiger charge is -2.27. The fourth-order valence-electron chi connectivity index (χ4n) is 3.02. The quantitative estimate of drug-likeness (QED) is 0.423. The summed E-state index contributed by atoms with van der Waals surface area (Å²) in [6.45, 7) is 1.60. The molecular weight excluding hydrogens is 440 g/mol. The molecular formula is C22H29ClN2O5S. The summed E-state index contributed by atoms with van der Waals surface area (Å²) in [6.07, 6.45) is 0.638. The van der Waals surface area contributed by atoms with Gasteiger partial charge in [-0.3, -0.25) is 9.59 Å². The maximum absolute atomic E-state index is 13.1. The molecule has 0 spiro atoms. The molecule has 0 bridgehead atoms. The van der Waals surface area contributed by atoms with Crippen LogP contribution in [0.5, 0.6) is 11.5 Å². The summed E-state index contributed by atoms with van der Waals surface area (Å²) in [5, 5.41) is 1.98. The second-order valence-corrected chi connectivity index (χ2v) is 8.08. The van der Waals surface area contributed by atoms with Gasteiger partial charge in [-0.25, -0.2) is 0 Å². The molecule has 9 heteroatoms. The molecule has 2 rings (SSSR count). The number of hydrogen-bond acceptors (Lipinski definition) is 6. The van der Waals surface area contributed by atoms with Crippen LogP contribution in [0, 0.1) is 0 Å². The van der Waals surface area contributed by atoms with Crippen LogP contribution in [0.3, 0.4) is 0 Å². The maximum Gasteiger partial charge on any atom is 0.242 e. The molecule has 0 atom stereocenters. The van der Waals surface area contributed by atoms with Crippen molar-refractivity contribution in [3.8, 4) is 11.5 Å². The summed E-state index contributed by atoms with van der Waals surface area (Å²) in [6, 6.07) is 9.67. The van der Waals surface area contributed by atoms with Gasteiger partial charge in [0.25, 0.3) is 0 Å². The lowest BCUT2D eigenvalue weighted by molar-refractivity contribution is -0.140. The highest BCUT2D eigenvalue weighted by Crippen LogP contribution is 2.27. The van der Waals surface area contributed by atoms with Crippen molar-refractivity contribution in [1.29, 1.82) is 0 Å². The number of alkyl halides is 1. The first-order valence-corrected chi connectivity index (χ1v) is 11.3. The molecule has 0 aliphatic rings. The normalized spacial score (nSPS) is 10.6. The van der Waals surface area contributed by atoms with Gasteiger partial charge < -0.3 is 24.0 Å². The average Bonchev–Trinajstić information content (AvgIpc) is 3.31. The summed E-state index contributed by atoms with van der Waals surface area (Å²) < 4.78 is 15.7. The molecule has 2 amide bonds. The summed E-state index contributed by atoms with van der Waals surface area (Å²) in [4.78, 5) is 29.5. The number of halogens is 1. The maximum atomic E-state index is 13.1. The molecule has 0 N–H and O–H groups in total. The fraction of sp³-hybridized carbons (Fsp3) is 0.455. The number of methoxy groups -OCH3 is 3. The number of hydrogen-bond donors (Lipinski definition) is 0. The zero-order valence-electron chi connectivity index (χ0n) is 18.1. The fourth-order valence-corrected chi connectivity index (χ4v) is 3.91. The molecule has 1 heterocycles. The van der Waals surface area contributed by atoms with Crippen LogP contribution in [0.1, 0.15) is 10.4 Å². The van der Waals surface area contributed by atoms with Crippen LogP contribution in [-0.2, 0) is 27.3 Å². The van der Waals surface area contributed by atoms with Crippen molar-refractivity contribution >= 4 is 34.8 Å². The molecule has 0 unspecified atom stereocenters. The number of carbonyl (C=O) groups is 2. The number of benzene rings is 1. The van der Waals surface area contributed by atoms with Crippen molar-refractivity contribution in [2.75, 3.05) is 53.5 Å². The van der Waals surface area contributed by atoms with Gasteiger partial charge >= 0.3 is 0 Å². The van der Waals surface area contributed by atoms with E-state index in [9.17, 15) is 9.59 Å². The number of thiophene rings is 1. The predicted molar refractivity (Wildman–Crippen MR) is 122 cm³/mol. The Hall–Kier alpha value is -2.29. The van der Waals surface area contributed by atoms with Gasteiger partial charge in [-0.1, -0.05) is 12.1 Å². The van der Waals surface area contributed by atoms with Gasteiger partial charge in [0.05, 0.1) is 33.9 Å². The van der Waals surface area contributed by atoms with E-state index in [2.05, 4.69) is 0 Å². The Morgan fingerprint density at radius 2 is 1.77 bits per heavy atom. The number of rotatable bonds is 13. The van der Waals surface area contributed by atoms with Crippen LogP contribution >= 0.6 is 22.9 Å². The molecule has 170 valence electrons. The zero-order valence-corrected chi connectivity index (χ0v) is 19.7.